The van der Waals surface area contributed by atoms with E-state index < -0.39 is 0 Å². The van der Waals surface area contributed by atoms with Crippen LogP contribution in [0.2, 0.25) is 0 Å². The topological polar surface area (TPSA) is 15.3 Å². The number of hydrogen-bond acceptors (Lipinski definition) is 2. The van der Waals surface area contributed by atoms with Crippen molar-refractivity contribution in [2.24, 2.45) is 0 Å². The average Bonchev–Trinajstić information content (AvgIpc) is 3.19. The number of nitrogens with one attached hydrogen (secondary N) is 1. The second-order valence-electron chi connectivity index (χ2n) is 6.18. The third kappa shape index (κ3) is 2.79. The Morgan fingerprint density at radius 1 is 1.16 bits per heavy atom. The zero-order chi connectivity index (χ0) is 13.2. The Morgan fingerprint density at radius 3 is 2.68 bits per heavy atom. The average molecular weight is 258 g/mol. The molecule has 0 bridgehead atoms. The molecule has 104 valence electrons. The van der Waals surface area contributed by atoms with Crippen molar-refractivity contribution in [3.8, 4) is 0 Å². The molecule has 1 aromatic rings. The van der Waals surface area contributed by atoms with Gasteiger partial charge in [-0.3, -0.25) is 0 Å². The molecule has 3 rings (SSSR count). The first kappa shape index (κ1) is 13.0. The Morgan fingerprint density at radius 2 is 1.95 bits per heavy atom. The van der Waals surface area contributed by atoms with E-state index in [1.54, 1.807) is 0 Å². The first-order valence-corrected chi connectivity index (χ1v) is 7.89. The molecule has 19 heavy (non-hydrogen) atoms. The minimum Gasteiger partial charge on any atom is -0.366 e. The summed E-state index contributed by atoms with van der Waals surface area (Å²) in [7, 11) is 0. The summed E-state index contributed by atoms with van der Waals surface area (Å²) in [5, 5.41) is 3.66. The summed E-state index contributed by atoms with van der Waals surface area (Å²) in [5.41, 5.74) is 2.94. The van der Waals surface area contributed by atoms with Crippen molar-refractivity contribution in [2.45, 2.75) is 70.6 Å². The van der Waals surface area contributed by atoms with Gasteiger partial charge in [0, 0.05) is 30.4 Å². The Kier molecular flexibility index (Phi) is 3.79. The molecule has 0 spiro atoms. The molecular weight excluding hydrogens is 232 g/mol. The second kappa shape index (κ2) is 5.54. The lowest BCUT2D eigenvalue weighted by molar-refractivity contribution is 0.619. The lowest BCUT2D eigenvalue weighted by Gasteiger charge is -2.32. The number of rotatable bonds is 5. The maximum absolute atomic E-state index is 3.66. The van der Waals surface area contributed by atoms with Crippen LogP contribution >= 0.6 is 0 Å². The Labute approximate surface area is 117 Å². The van der Waals surface area contributed by atoms with Crippen molar-refractivity contribution in [1.29, 1.82) is 0 Å². The SMILES string of the molecule is CCC1CCC(C)N1c1ccccc1CNC1CC1. The van der Waals surface area contributed by atoms with Gasteiger partial charge >= 0.3 is 0 Å². The molecule has 1 aromatic carbocycles. The molecule has 1 aliphatic heterocycles. The Bertz CT molecular complexity index is 425. The van der Waals surface area contributed by atoms with Gasteiger partial charge in [-0.25, -0.2) is 0 Å². The molecule has 2 atom stereocenters. The number of nitrogens with zero attached hydrogens (tertiary/aromatic N) is 1. The highest BCUT2D eigenvalue weighted by atomic mass is 15.2. The molecule has 2 nitrogen and oxygen atoms in total. The summed E-state index contributed by atoms with van der Waals surface area (Å²) in [6.45, 7) is 5.72. The summed E-state index contributed by atoms with van der Waals surface area (Å²) in [4.78, 5) is 2.67. The van der Waals surface area contributed by atoms with Gasteiger partial charge in [0.05, 0.1) is 0 Å². The van der Waals surface area contributed by atoms with Gasteiger partial charge in [-0.15, -0.1) is 0 Å². The van der Waals surface area contributed by atoms with Crippen LogP contribution in [0.1, 0.15) is 51.5 Å². The summed E-state index contributed by atoms with van der Waals surface area (Å²) < 4.78 is 0. The van der Waals surface area contributed by atoms with Crippen molar-refractivity contribution in [3.05, 3.63) is 29.8 Å². The fourth-order valence-corrected chi connectivity index (χ4v) is 3.36. The quantitative estimate of drug-likeness (QED) is 0.866. The highest BCUT2D eigenvalue weighted by Crippen LogP contribution is 2.34. The van der Waals surface area contributed by atoms with Gasteiger partial charge in [-0.1, -0.05) is 25.1 Å². The summed E-state index contributed by atoms with van der Waals surface area (Å²) in [5.74, 6) is 0. The molecule has 2 fully saturated rings. The minimum absolute atomic E-state index is 0.687. The highest BCUT2D eigenvalue weighted by molar-refractivity contribution is 5.56. The number of para-hydroxylation sites is 1. The smallest absolute Gasteiger partial charge is 0.0416 e. The number of hydrogen-bond donors (Lipinski definition) is 1. The fourth-order valence-electron chi connectivity index (χ4n) is 3.36. The van der Waals surface area contributed by atoms with E-state index in [-0.39, 0.29) is 0 Å². The number of anilines is 1. The van der Waals surface area contributed by atoms with Crippen LogP contribution in [-0.2, 0) is 6.54 Å². The van der Waals surface area contributed by atoms with Crippen LogP contribution in [0.5, 0.6) is 0 Å². The lowest BCUT2D eigenvalue weighted by Crippen LogP contribution is -2.35. The van der Waals surface area contributed by atoms with E-state index in [1.807, 2.05) is 0 Å². The van der Waals surface area contributed by atoms with E-state index in [9.17, 15) is 0 Å². The lowest BCUT2D eigenvalue weighted by atomic mass is 10.1. The van der Waals surface area contributed by atoms with Crippen LogP contribution < -0.4 is 10.2 Å². The Balaban J connectivity index is 1.81. The monoisotopic (exact) mass is 258 g/mol. The van der Waals surface area contributed by atoms with Crippen molar-refractivity contribution in [2.75, 3.05) is 4.90 Å². The zero-order valence-electron chi connectivity index (χ0n) is 12.2. The largest absolute Gasteiger partial charge is 0.366 e. The maximum Gasteiger partial charge on any atom is 0.0416 e. The molecular formula is C17H26N2. The third-order valence-corrected chi connectivity index (χ3v) is 4.69. The number of benzene rings is 1. The minimum atomic E-state index is 0.687. The normalized spacial score (nSPS) is 26.9. The predicted octanol–water partition coefficient (Wildman–Crippen LogP) is 3.71. The zero-order valence-corrected chi connectivity index (χ0v) is 12.2. The standard InChI is InChI=1S/C17H26N2/c1-3-16-11-8-13(2)19(16)17-7-5-4-6-14(17)12-18-15-9-10-15/h4-7,13,15-16,18H,3,8-12H2,1-2H3. The van der Waals surface area contributed by atoms with E-state index in [1.165, 1.54) is 43.4 Å². The predicted molar refractivity (Wildman–Crippen MR) is 81.6 cm³/mol. The molecule has 1 saturated heterocycles. The summed E-state index contributed by atoms with van der Waals surface area (Å²) in [6, 6.07) is 11.2. The highest BCUT2D eigenvalue weighted by Gasteiger charge is 2.30. The van der Waals surface area contributed by atoms with Crippen LogP contribution in [0.3, 0.4) is 0 Å². The van der Waals surface area contributed by atoms with Crippen molar-refractivity contribution < 1.29 is 0 Å². The molecule has 1 N–H and O–H groups in total. The van der Waals surface area contributed by atoms with E-state index in [4.69, 9.17) is 0 Å². The molecule has 2 unspecified atom stereocenters. The molecule has 0 amide bonds. The molecule has 2 aliphatic rings. The van der Waals surface area contributed by atoms with Gasteiger partial charge in [0.1, 0.15) is 0 Å². The van der Waals surface area contributed by atoms with E-state index >= 15 is 0 Å². The van der Waals surface area contributed by atoms with Crippen molar-refractivity contribution in [1.82, 2.24) is 5.32 Å². The molecule has 2 heteroatoms. The van der Waals surface area contributed by atoms with Gasteiger partial charge < -0.3 is 10.2 Å². The second-order valence-corrected chi connectivity index (χ2v) is 6.18. The fraction of sp³-hybridized carbons (Fsp3) is 0.647. The van der Waals surface area contributed by atoms with E-state index in [0.717, 1.165) is 18.6 Å². The van der Waals surface area contributed by atoms with Gasteiger partial charge in [0.25, 0.3) is 0 Å². The van der Waals surface area contributed by atoms with E-state index in [0.29, 0.717) is 6.04 Å². The van der Waals surface area contributed by atoms with E-state index in [2.05, 4.69) is 48.3 Å². The summed E-state index contributed by atoms with van der Waals surface area (Å²) in [6.07, 6.45) is 6.67. The van der Waals surface area contributed by atoms with Crippen LogP contribution in [0.25, 0.3) is 0 Å². The molecule has 1 heterocycles. The first-order valence-electron chi connectivity index (χ1n) is 7.89. The van der Waals surface area contributed by atoms with Crippen LogP contribution in [0.4, 0.5) is 5.69 Å². The van der Waals surface area contributed by atoms with Gasteiger partial charge in [-0.05, 0) is 50.7 Å². The van der Waals surface area contributed by atoms with Crippen LogP contribution in [0, 0.1) is 0 Å². The maximum atomic E-state index is 3.66. The Hall–Kier alpha value is -1.02. The van der Waals surface area contributed by atoms with Gasteiger partial charge in [-0.2, -0.15) is 0 Å². The molecule has 1 saturated carbocycles. The molecule has 0 radical (unpaired) electrons. The van der Waals surface area contributed by atoms with Gasteiger partial charge in [0.15, 0.2) is 0 Å². The van der Waals surface area contributed by atoms with Gasteiger partial charge in [0.2, 0.25) is 0 Å². The van der Waals surface area contributed by atoms with Crippen LogP contribution in [0.15, 0.2) is 24.3 Å². The third-order valence-electron chi connectivity index (χ3n) is 4.69. The van der Waals surface area contributed by atoms with Crippen molar-refractivity contribution >= 4 is 5.69 Å². The van der Waals surface area contributed by atoms with Crippen LogP contribution in [-0.4, -0.2) is 18.1 Å². The molecule has 0 aromatic heterocycles. The first-order chi connectivity index (χ1) is 9.29. The summed E-state index contributed by atoms with van der Waals surface area (Å²) >= 11 is 0. The van der Waals surface area contributed by atoms with Crippen molar-refractivity contribution in [3.63, 3.8) is 0 Å². The molecule has 1 aliphatic carbocycles.